The molecule has 0 spiro atoms. The van der Waals surface area contributed by atoms with Crippen LogP contribution in [-0.4, -0.2) is 22.9 Å². The lowest BCUT2D eigenvalue weighted by Gasteiger charge is -2.33. The van der Waals surface area contributed by atoms with Crippen LogP contribution in [-0.2, 0) is 4.79 Å². The number of carboxylic acids is 1. The summed E-state index contributed by atoms with van der Waals surface area (Å²) in [5.41, 5.74) is -2.52. The van der Waals surface area contributed by atoms with Crippen LogP contribution in [0.3, 0.4) is 0 Å². The highest BCUT2D eigenvalue weighted by Crippen LogP contribution is 2.43. The number of halogens is 4. The highest BCUT2D eigenvalue weighted by Gasteiger charge is 2.63. The third kappa shape index (κ3) is 2.11. The minimum Gasteiger partial charge on any atom is -0.478 e. The molecule has 0 radical (unpaired) electrons. The molecule has 0 saturated carbocycles. The van der Waals surface area contributed by atoms with Crippen molar-refractivity contribution in [1.29, 1.82) is 0 Å². The third-order valence-corrected chi connectivity index (χ3v) is 3.23. The second-order valence-electron chi connectivity index (χ2n) is 4.11. The number of aryl methyl sites for hydroxylation is 1. The lowest BCUT2D eigenvalue weighted by Crippen LogP contribution is -2.56. The Balaban J connectivity index is 2.61. The zero-order chi connectivity index (χ0) is 14.4. The summed E-state index contributed by atoms with van der Waals surface area (Å²) >= 11 is 3.21. The van der Waals surface area contributed by atoms with E-state index in [2.05, 4.69) is 15.9 Å². The minimum atomic E-state index is -5.05. The first-order valence-corrected chi connectivity index (χ1v) is 5.95. The predicted molar refractivity (Wildman–Crippen MR) is 65.0 cm³/mol. The molecule has 2 rings (SSSR count). The molecule has 1 atom stereocenters. The lowest BCUT2D eigenvalue weighted by molar-refractivity contribution is -0.235. The number of carbonyl (C=O) groups is 1. The van der Waals surface area contributed by atoms with Gasteiger partial charge in [0.2, 0.25) is 0 Å². The average molecular weight is 337 g/mol. The smallest absolute Gasteiger partial charge is 0.443 e. The highest BCUT2D eigenvalue weighted by molar-refractivity contribution is 9.10. The molecule has 1 aromatic rings. The van der Waals surface area contributed by atoms with Crippen molar-refractivity contribution in [2.24, 2.45) is 0 Å². The number of hydrogen-bond acceptors (Lipinski definition) is 2. The van der Waals surface area contributed by atoms with E-state index in [0.717, 1.165) is 6.08 Å². The van der Waals surface area contributed by atoms with Crippen molar-refractivity contribution in [1.82, 2.24) is 0 Å². The van der Waals surface area contributed by atoms with Crippen LogP contribution in [0, 0.1) is 6.92 Å². The van der Waals surface area contributed by atoms with E-state index in [1.54, 1.807) is 19.1 Å². The third-order valence-electron chi connectivity index (χ3n) is 2.77. The van der Waals surface area contributed by atoms with Gasteiger partial charge in [-0.05, 0) is 30.7 Å². The van der Waals surface area contributed by atoms with Gasteiger partial charge in [-0.1, -0.05) is 22.0 Å². The minimum absolute atomic E-state index is 0.0783. The van der Waals surface area contributed by atoms with E-state index in [-0.39, 0.29) is 5.75 Å². The van der Waals surface area contributed by atoms with Gasteiger partial charge in [-0.3, -0.25) is 0 Å². The van der Waals surface area contributed by atoms with E-state index in [4.69, 9.17) is 9.84 Å². The van der Waals surface area contributed by atoms with E-state index in [1.807, 2.05) is 0 Å². The molecular formula is C12H8BrF3O3. The molecular weight excluding hydrogens is 329 g/mol. The molecule has 0 amide bonds. The predicted octanol–water partition coefficient (Wildman–Crippen LogP) is 3.55. The van der Waals surface area contributed by atoms with Crippen molar-refractivity contribution in [2.75, 3.05) is 0 Å². The van der Waals surface area contributed by atoms with Gasteiger partial charge in [-0.15, -0.1) is 0 Å². The Hall–Kier alpha value is -1.50. The van der Waals surface area contributed by atoms with E-state index < -0.39 is 17.7 Å². The molecule has 1 heterocycles. The summed E-state index contributed by atoms with van der Waals surface area (Å²) in [6.07, 6.45) is -3.42. The Labute approximate surface area is 114 Å². The molecule has 0 aliphatic carbocycles. The zero-order valence-electron chi connectivity index (χ0n) is 9.58. The second kappa shape index (κ2) is 4.26. The van der Waals surface area contributed by atoms with Crippen molar-refractivity contribution in [3.8, 4) is 5.75 Å². The van der Waals surface area contributed by atoms with Gasteiger partial charge < -0.3 is 9.84 Å². The molecule has 1 aromatic carbocycles. The molecule has 3 nitrogen and oxygen atoms in total. The topological polar surface area (TPSA) is 46.5 Å². The standard InChI is InChI=1S/C12H8BrF3O3/c1-6-4-8(13)5-7-2-3-11(10(17)18,12(14,15)16)19-9(6)7/h2-5H,1H3,(H,17,18). The maximum atomic E-state index is 13.0. The fourth-order valence-corrected chi connectivity index (χ4v) is 2.40. The summed E-state index contributed by atoms with van der Waals surface area (Å²) in [4.78, 5) is 11.0. The SMILES string of the molecule is Cc1cc(Br)cc2c1OC(C(=O)O)(C(F)(F)F)C=C2. The van der Waals surface area contributed by atoms with Gasteiger partial charge >= 0.3 is 17.7 Å². The van der Waals surface area contributed by atoms with Crippen LogP contribution in [0.1, 0.15) is 11.1 Å². The van der Waals surface area contributed by atoms with Crippen LogP contribution in [0.15, 0.2) is 22.7 Å². The number of fused-ring (bicyclic) bond motifs is 1. The molecule has 1 aliphatic heterocycles. The summed E-state index contributed by atoms with van der Waals surface area (Å²) in [7, 11) is 0. The van der Waals surface area contributed by atoms with Gasteiger partial charge in [-0.2, -0.15) is 13.2 Å². The number of rotatable bonds is 1. The van der Waals surface area contributed by atoms with E-state index in [9.17, 15) is 18.0 Å². The summed E-state index contributed by atoms with van der Waals surface area (Å²) in [6.45, 7) is 1.55. The first-order valence-electron chi connectivity index (χ1n) is 5.16. The molecule has 102 valence electrons. The fourth-order valence-electron chi connectivity index (χ4n) is 1.81. The largest absolute Gasteiger partial charge is 0.478 e. The average Bonchev–Trinajstić information content (AvgIpc) is 2.26. The van der Waals surface area contributed by atoms with Crippen LogP contribution in [0.25, 0.3) is 6.08 Å². The van der Waals surface area contributed by atoms with Gasteiger partial charge in [0.05, 0.1) is 0 Å². The Morgan fingerprint density at radius 2 is 2.05 bits per heavy atom. The van der Waals surface area contributed by atoms with Crippen molar-refractivity contribution in [3.05, 3.63) is 33.8 Å². The summed E-state index contributed by atoms with van der Waals surface area (Å²) in [5.74, 6) is -2.17. The number of alkyl halides is 3. The zero-order valence-corrected chi connectivity index (χ0v) is 11.2. The van der Waals surface area contributed by atoms with Crippen molar-refractivity contribution < 1.29 is 27.8 Å². The number of ether oxygens (including phenoxy) is 1. The molecule has 0 fully saturated rings. The van der Waals surface area contributed by atoms with Crippen LogP contribution in [0.2, 0.25) is 0 Å². The summed E-state index contributed by atoms with van der Waals surface area (Å²) in [5, 5.41) is 8.89. The van der Waals surface area contributed by atoms with Crippen molar-refractivity contribution in [3.63, 3.8) is 0 Å². The van der Waals surface area contributed by atoms with Gasteiger partial charge in [0, 0.05) is 10.0 Å². The van der Waals surface area contributed by atoms with E-state index in [0.29, 0.717) is 21.7 Å². The Kier molecular flexibility index (Phi) is 3.12. The maximum absolute atomic E-state index is 13.0. The molecule has 0 bridgehead atoms. The number of hydrogen-bond donors (Lipinski definition) is 1. The van der Waals surface area contributed by atoms with Crippen LogP contribution in [0.5, 0.6) is 5.75 Å². The maximum Gasteiger partial charge on any atom is 0.443 e. The van der Waals surface area contributed by atoms with Crippen LogP contribution < -0.4 is 4.74 Å². The monoisotopic (exact) mass is 336 g/mol. The number of benzene rings is 1. The number of carboxylic acid groups (broad SMARTS) is 1. The molecule has 1 unspecified atom stereocenters. The van der Waals surface area contributed by atoms with Gasteiger partial charge in [-0.25, -0.2) is 4.79 Å². The highest BCUT2D eigenvalue weighted by atomic mass is 79.9. The molecule has 0 aromatic heterocycles. The van der Waals surface area contributed by atoms with Crippen LogP contribution >= 0.6 is 15.9 Å². The first kappa shape index (κ1) is 13.9. The molecule has 1 aliphatic rings. The summed E-state index contributed by atoms with van der Waals surface area (Å²) < 4.78 is 44.4. The molecule has 7 heteroatoms. The Morgan fingerprint density at radius 1 is 1.42 bits per heavy atom. The van der Waals surface area contributed by atoms with Crippen molar-refractivity contribution >= 4 is 28.0 Å². The van der Waals surface area contributed by atoms with Gasteiger partial charge in [0.15, 0.2) is 0 Å². The normalized spacial score (nSPS) is 21.7. The molecule has 0 saturated heterocycles. The van der Waals surface area contributed by atoms with E-state index in [1.165, 1.54) is 0 Å². The summed E-state index contributed by atoms with van der Waals surface area (Å²) in [6, 6.07) is 3.11. The fraction of sp³-hybridized carbons (Fsp3) is 0.250. The molecule has 1 N–H and O–H groups in total. The van der Waals surface area contributed by atoms with E-state index >= 15 is 0 Å². The quantitative estimate of drug-likeness (QED) is 0.853. The van der Waals surface area contributed by atoms with Crippen molar-refractivity contribution in [2.45, 2.75) is 18.7 Å². The Morgan fingerprint density at radius 3 is 2.58 bits per heavy atom. The lowest BCUT2D eigenvalue weighted by atomic mass is 9.96. The number of aliphatic carboxylic acids is 1. The van der Waals surface area contributed by atoms with Crippen LogP contribution in [0.4, 0.5) is 13.2 Å². The van der Waals surface area contributed by atoms with Gasteiger partial charge in [0.1, 0.15) is 5.75 Å². The Bertz CT molecular complexity index is 580. The first-order chi connectivity index (χ1) is 8.67. The molecule has 19 heavy (non-hydrogen) atoms. The second-order valence-corrected chi connectivity index (χ2v) is 5.03. The van der Waals surface area contributed by atoms with Gasteiger partial charge in [0.25, 0.3) is 0 Å².